The zero-order chi connectivity index (χ0) is 25.0. The van der Waals surface area contributed by atoms with Crippen molar-refractivity contribution in [1.82, 2.24) is 24.9 Å². The summed E-state index contributed by atoms with van der Waals surface area (Å²) in [6, 6.07) is 8.43. The topological polar surface area (TPSA) is 67.3 Å². The average molecular weight is 462 g/mol. The minimum atomic E-state index is 0.834. The Morgan fingerprint density at radius 3 is 1.54 bits per heavy atom. The molecule has 5 nitrogen and oxygen atoms in total. The van der Waals surface area contributed by atoms with E-state index >= 15 is 0 Å². The normalized spacial score (nSPS) is 13.5. The van der Waals surface area contributed by atoms with Gasteiger partial charge in [0, 0.05) is 5.52 Å². The lowest BCUT2D eigenvalue weighted by molar-refractivity contribution is 1.23. The molecule has 0 radical (unpaired) electrons. The molecule has 35 heavy (non-hydrogen) atoms. The van der Waals surface area contributed by atoms with Gasteiger partial charge in [-0.3, -0.25) is 9.97 Å². The predicted molar refractivity (Wildman–Crippen MR) is 146 cm³/mol. The van der Waals surface area contributed by atoms with E-state index in [0.29, 0.717) is 0 Å². The van der Waals surface area contributed by atoms with Crippen LogP contribution in [0.4, 0.5) is 0 Å². The first kappa shape index (κ1) is 22.9. The highest BCUT2D eigenvalue weighted by molar-refractivity contribution is 5.93. The second-order valence-corrected chi connectivity index (χ2v) is 9.70. The second kappa shape index (κ2) is 8.42. The highest BCUT2D eigenvalue weighted by Gasteiger charge is 2.17. The highest BCUT2D eigenvalue weighted by Crippen LogP contribution is 2.33. The van der Waals surface area contributed by atoms with Gasteiger partial charge in [-0.05, 0) is 124 Å². The lowest BCUT2D eigenvalue weighted by Crippen LogP contribution is -1.86. The number of rotatable bonds is 0. The van der Waals surface area contributed by atoms with Crippen molar-refractivity contribution in [1.29, 1.82) is 0 Å². The van der Waals surface area contributed by atoms with Crippen molar-refractivity contribution in [3.8, 4) is 0 Å². The number of allylic oxidation sites excluding steroid dienone is 4. The monoisotopic (exact) mass is 461 g/mol. The summed E-state index contributed by atoms with van der Waals surface area (Å²) in [5, 5.41) is 0. The zero-order valence-corrected chi connectivity index (χ0v) is 21.8. The Balaban J connectivity index is 1.95. The van der Waals surface area contributed by atoms with Crippen LogP contribution in [0.2, 0.25) is 0 Å². The van der Waals surface area contributed by atoms with Gasteiger partial charge in [-0.15, -0.1) is 0 Å². The van der Waals surface area contributed by atoms with E-state index < -0.39 is 0 Å². The molecule has 176 valence electrons. The Hall–Kier alpha value is -3.86. The van der Waals surface area contributed by atoms with Crippen LogP contribution in [-0.4, -0.2) is 24.9 Å². The molecular weight excluding hydrogens is 430 g/mol. The van der Waals surface area contributed by atoms with Crippen LogP contribution >= 0.6 is 0 Å². The van der Waals surface area contributed by atoms with E-state index in [-0.39, 0.29) is 0 Å². The standard InChI is InChI=1S/C30H31N5/c1-15-9-27-28(10-16(15)2)32-14-30-22(8)20(6)26(35-30)12-24-18(4)17(3)23(33-24)11-25-19(5)21(7)29(34-25)13-31-27/h9-14,34H,1-8H3. The summed E-state index contributed by atoms with van der Waals surface area (Å²) in [6.07, 6.45) is 3.77. The van der Waals surface area contributed by atoms with Crippen LogP contribution in [0.3, 0.4) is 0 Å². The first-order valence-corrected chi connectivity index (χ1v) is 12.0. The summed E-state index contributed by atoms with van der Waals surface area (Å²) in [7, 11) is 0. The predicted octanol–water partition coefficient (Wildman–Crippen LogP) is 7.47. The van der Waals surface area contributed by atoms with Gasteiger partial charge in [0.15, 0.2) is 0 Å². The summed E-state index contributed by atoms with van der Waals surface area (Å²) in [6.45, 7) is 16.9. The molecule has 0 saturated heterocycles. The number of hydrogen-bond acceptors (Lipinski definition) is 4. The van der Waals surface area contributed by atoms with E-state index in [1.165, 1.54) is 33.4 Å². The minimum absolute atomic E-state index is 0.834. The van der Waals surface area contributed by atoms with E-state index in [0.717, 1.165) is 56.0 Å². The SMILES string of the molecule is CC1=C(C)c2cc3nc(cc4[nH]c(cnc5cc(C)c(C)cc5ncc1n2)c(C)c4C)C(C)=C3C. The summed E-state index contributed by atoms with van der Waals surface area (Å²) in [5.74, 6) is 0. The van der Waals surface area contributed by atoms with Crippen molar-refractivity contribution in [2.45, 2.75) is 55.4 Å². The fourth-order valence-electron chi connectivity index (χ4n) is 4.44. The number of aromatic nitrogens is 5. The molecule has 3 aromatic rings. The molecule has 0 atom stereocenters. The lowest BCUT2D eigenvalue weighted by atomic mass is 10.1. The Morgan fingerprint density at radius 2 is 0.943 bits per heavy atom. The molecule has 0 spiro atoms. The number of H-pyrrole nitrogens is 1. The maximum Gasteiger partial charge on any atom is 0.0889 e. The minimum Gasteiger partial charge on any atom is -0.354 e. The molecule has 2 aliphatic rings. The van der Waals surface area contributed by atoms with Gasteiger partial charge in [-0.1, -0.05) is 0 Å². The molecule has 0 amide bonds. The molecule has 6 bridgehead atoms. The van der Waals surface area contributed by atoms with Gasteiger partial charge in [0.25, 0.3) is 0 Å². The average Bonchev–Trinajstić information content (AvgIpc) is 3.36. The molecular formula is C30H31N5. The number of nitrogens with one attached hydrogen (secondary N) is 1. The summed E-state index contributed by atoms with van der Waals surface area (Å²) < 4.78 is 0. The smallest absolute Gasteiger partial charge is 0.0889 e. The molecule has 0 fully saturated rings. The van der Waals surface area contributed by atoms with Crippen LogP contribution in [0.25, 0.3) is 44.4 Å². The quantitative estimate of drug-likeness (QED) is 0.377. The molecule has 2 aromatic heterocycles. The first-order valence-electron chi connectivity index (χ1n) is 12.0. The molecule has 2 aliphatic heterocycles. The van der Waals surface area contributed by atoms with Crippen LogP contribution < -0.4 is 0 Å². The van der Waals surface area contributed by atoms with Crippen LogP contribution in [-0.2, 0) is 0 Å². The number of hydrogen-bond donors (Lipinski definition) is 1. The van der Waals surface area contributed by atoms with Crippen molar-refractivity contribution in [3.05, 3.63) is 81.7 Å². The van der Waals surface area contributed by atoms with Crippen molar-refractivity contribution < 1.29 is 0 Å². The zero-order valence-electron chi connectivity index (χ0n) is 21.8. The van der Waals surface area contributed by atoms with Crippen LogP contribution in [0.1, 0.15) is 72.7 Å². The maximum absolute atomic E-state index is 4.98. The summed E-state index contributed by atoms with van der Waals surface area (Å²) in [5.41, 5.74) is 16.9. The largest absolute Gasteiger partial charge is 0.354 e. The van der Waals surface area contributed by atoms with Crippen molar-refractivity contribution in [3.63, 3.8) is 0 Å². The first-order chi connectivity index (χ1) is 16.6. The number of nitrogens with zero attached hydrogens (tertiary/aromatic N) is 4. The molecule has 0 unspecified atom stereocenters. The van der Waals surface area contributed by atoms with Gasteiger partial charge in [-0.25, -0.2) is 9.97 Å². The molecule has 4 heterocycles. The Kier molecular flexibility index (Phi) is 5.51. The van der Waals surface area contributed by atoms with Crippen molar-refractivity contribution in [2.24, 2.45) is 0 Å². The highest BCUT2D eigenvalue weighted by atomic mass is 14.8. The molecule has 0 aliphatic carbocycles. The van der Waals surface area contributed by atoms with Crippen molar-refractivity contribution >= 4 is 44.4 Å². The molecule has 1 aromatic carbocycles. The number of aryl methyl sites for hydroxylation is 4. The number of benzene rings is 1. The van der Waals surface area contributed by atoms with Gasteiger partial charge < -0.3 is 4.98 Å². The summed E-state index contributed by atoms with van der Waals surface area (Å²) in [4.78, 5) is 23.2. The Morgan fingerprint density at radius 1 is 0.486 bits per heavy atom. The maximum atomic E-state index is 4.98. The van der Waals surface area contributed by atoms with Gasteiger partial charge >= 0.3 is 0 Å². The van der Waals surface area contributed by atoms with E-state index in [9.17, 15) is 0 Å². The molecule has 5 heteroatoms. The fourth-order valence-corrected chi connectivity index (χ4v) is 4.44. The van der Waals surface area contributed by atoms with Crippen molar-refractivity contribution in [2.75, 3.05) is 0 Å². The second-order valence-electron chi connectivity index (χ2n) is 9.70. The number of aromatic amines is 1. The van der Waals surface area contributed by atoms with E-state index in [4.69, 9.17) is 19.9 Å². The van der Waals surface area contributed by atoms with Gasteiger partial charge in [0.1, 0.15) is 0 Å². The molecule has 0 saturated carbocycles. The van der Waals surface area contributed by atoms with E-state index in [1.54, 1.807) is 0 Å². The van der Waals surface area contributed by atoms with Gasteiger partial charge in [0.2, 0.25) is 0 Å². The van der Waals surface area contributed by atoms with E-state index in [2.05, 4.69) is 84.6 Å². The van der Waals surface area contributed by atoms with Crippen LogP contribution in [0.15, 0.2) is 36.7 Å². The van der Waals surface area contributed by atoms with Gasteiger partial charge in [-0.2, -0.15) is 0 Å². The third-order valence-electron chi connectivity index (χ3n) is 7.59. The molecule has 5 rings (SSSR count). The summed E-state index contributed by atoms with van der Waals surface area (Å²) >= 11 is 0. The number of fused-ring (bicyclic) bond motifs is 7. The van der Waals surface area contributed by atoms with E-state index in [1.807, 2.05) is 12.4 Å². The fraction of sp³-hybridized carbons (Fsp3) is 0.267. The Bertz CT molecular complexity index is 1670. The van der Waals surface area contributed by atoms with Crippen LogP contribution in [0.5, 0.6) is 0 Å². The third-order valence-corrected chi connectivity index (χ3v) is 7.59. The third kappa shape index (κ3) is 3.91. The Labute approximate surface area is 206 Å². The molecule has 1 N–H and O–H groups in total. The van der Waals surface area contributed by atoms with Gasteiger partial charge in [0.05, 0.1) is 51.7 Å². The van der Waals surface area contributed by atoms with Crippen LogP contribution in [0, 0.1) is 27.7 Å². The lowest BCUT2D eigenvalue weighted by Gasteiger charge is -2.00.